The number of hydrogen-bond donors (Lipinski definition) is 8. The Kier molecular flexibility index (Phi) is 37.5. The summed E-state index contributed by atoms with van der Waals surface area (Å²) in [5.41, 5.74) is 5.36. The fourth-order valence-corrected chi connectivity index (χ4v) is 8.10. The molecule has 0 atom stereocenters. The number of nitrogens with zero attached hydrogens (tertiary/aromatic N) is 3. The van der Waals surface area contributed by atoms with Gasteiger partial charge in [0.15, 0.2) is 0 Å². The van der Waals surface area contributed by atoms with Crippen LogP contribution in [-0.4, -0.2) is 227 Å². The first-order valence-electron chi connectivity index (χ1n) is 17.2. The number of carboxylic acids is 5. The van der Waals surface area contributed by atoms with E-state index in [1.165, 1.54) is 31.1 Å². The molecule has 0 bridgehead atoms. The van der Waals surface area contributed by atoms with Crippen LogP contribution >= 0.6 is 15.9 Å². The van der Waals surface area contributed by atoms with Crippen LogP contribution in [0.15, 0.2) is 0 Å². The minimum Gasteiger partial charge on any atom is -0.481 e. The highest BCUT2D eigenvalue weighted by atomic mass is 79.9. The number of rotatable bonds is 34. The zero-order valence-electron chi connectivity index (χ0n) is 33.0. The van der Waals surface area contributed by atoms with Gasteiger partial charge in [0.1, 0.15) is 5.33 Å². The summed E-state index contributed by atoms with van der Waals surface area (Å²) in [4.78, 5) is 58.0. The van der Waals surface area contributed by atoms with E-state index in [-0.39, 0.29) is 44.6 Å². The van der Waals surface area contributed by atoms with E-state index in [4.69, 9.17) is 47.6 Å². The number of aliphatic carboxylic acids is 5. The van der Waals surface area contributed by atoms with Gasteiger partial charge < -0.3 is 68.5 Å². The lowest BCUT2D eigenvalue weighted by molar-refractivity contribution is -0.143. The lowest BCUT2D eigenvalue weighted by atomic mass is 10.3. The first kappa shape index (κ1) is 57.1. The Morgan fingerprint density at radius 1 is 0.509 bits per heavy atom. The number of halogens is 1. The van der Waals surface area contributed by atoms with Gasteiger partial charge in [-0.3, -0.25) is 38.7 Å². The predicted molar refractivity (Wildman–Crippen MR) is 208 cm³/mol. The molecule has 0 aromatic rings. The maximum Gasteiger partial charge on any atom is 0.500 e. The highest BCUT2D eigenvalue weighted by Crippen LogP contribution is 2.16. The van der Waals surface area contributed by atoms with Crippen molar-refractivity contribution in [1.82, 2.24) is 25.3 Å². The minimum atomic E-state index is -2.81. The Balaban J connectivity index is -0.00000102. The molecule has 9 N–H and O–H groups in total. The zero-order valence-corrected chi connectivity index (χ0v) is 36.5. The maximum atomic E-state index is 11.2. The molecule has 0 saturated carbocycles. The summed E-state index contributed by atoms with van der Waals surface area (Å²) in [5.74, 6) is -5.38. The Bertz CT molecular complexity index is 1010. The summed E-state index contributed by atoms with van der Waals surface area (Å²) in [5, 5.41) is 50.5. The molecule has 0 aliphatic carbocycles. The van der Waals surface area contributed by atoms with Gasteiger partial charge in [-0.05, 0) is 25.9 Å². The van der Waals surface area contributed by atoms with Crippen molar-refractivity contribution >= 4 is 63.4 Å². The van der Waals surface area contributed by atoms with E-state index in [0.717, 1.165) is 38.6 Å². The van der Waals surface area contributed by atoms with E-state index in [2.05, 4.69) is 26.6 Å². The second kappa shape index (κ2) is 36.1. The molecule has 0 aliphatic rings. The fourth-order valence-electron chi connectivity index (χ4n) is 4.67. The summed E-state index contributed by atoms with van der Waals surface area (Å²) in [6, 6.07) is 1.30. The van der Waals surface area contributed by atoms with E-state index in [0.29, 0.717) is 25.6 Å². The average Bonchev–Trinajstić information content (AvgIpc) is 3.13. The number of nitrogens with one attached hydrogen (secondary N) is 2. The van der Waals surface area contributed by atoms with E-state index >= 15 is 0 Å². The molecule has 0 amide bonds. The highest BCUT2D eigenvalue weighted by molar-refractivity contribution is 9.09. The standard InChI is InChI=1S/C18H35N3O11Si.C10H27N3O3Si.C2H3BrO2/c1-30-33(31-2,32-3)10-4-5-19(11-15(22)23)6-7-20(12-16(24)25)8-9-21(13-17(26)27)14-18(28)29;1-14-17(15-2,16-3)10-4-6-12-8-9-13-7-5-11;3-1-2(4)5/h4-14H2,1-3H3,(H,22,23)(H,24,25)(H,26,27)(H,28,29);12-13H,4-11H2,1-3H3;1H2,(H,4,5). The SMILES string of the molecule is CO[Si](CCCN(CCN(CCN(CC(=O)O)CC(=O)O)CC(=O)O)CC(=O)O)(OC)OC.CO[Si](CCCNCCNCCN)(OC)OC.O=C(O)CBr. The van der Waals surface area contributed by atoms with Gasteiger partial charge in [0.25, 0.3) is 0 Å². The second-order valence-electron chi connectivity index (χ2n) is 11.5. The van der Waals surface area contributed by atoms with Crippen LogP contribution in [0.4, 0.5) is 0 Å². The van der Waals surface area contributed by atoms with Crippen molar-refractivity contribution in [3.63, 3.8) is 0 Å². The monoisotopic (exact) mass is 900 g/mol. The molecule has 0 aliphatic heterocycles. The lowest BCUT2D eigenvalue weighted by Gasteiger charge is -2.29. The molecule has 0 aromatic heterocycles. The molecule has 22 nitrogen and oxygen atoms in total. The number of carboxylic acid groups (broad SMARTS) is 5. The highest BCUT2D eigenvalue weighted by Gasteiger charge is 2.37. The lowest BCUT2D eigenvalue weighted by Crippen LogP contribution is -2.45. The van der Waals surface area contributed by atoms with Gasteiger partial charge in [0.2, 0.25) is 0 Å². The molecular weight excluding hydrogens is 836 g/mol. The number of hydrogen-bond acceptors (Lipinski definition) is 17. The van der Waals surface area contributed by atoms with Crippen LogP contribution in [0.1, 0.15) is 12.8 Å². The van der Waals surface area contributed by atoms with Crippen LogP contribution < -0.4 is 16.4 Å². The van der Waals surface area contributed by atoms with Crippen molar-refractivity contribution in [2.24, 2.45) is 5.73 Å². The van der Waals surface area contributed by atoms with Crippen molar-refractivity contribution in [3.05, 3.63) is 0 Å². The summed E-state index contributed by atoms with van der Waals surface area (Å²) < 4.78 is 32.1. The summed E-state index contributed by atoms with van der Waals surface area (Å²) in [6.07, 6.45) is 1.51. The molecule has 0 unspecified atom stereocenters. The molecule has 326 valence electrons. The molecule has 55 heavy (non-hydrogen) atoms. The Labute approximate surface area is 334 Å². The quantitative estimate of drug-likeness (QED) is 0.0204. The predicted octanol–water partition coefficient (Wildman–Crippen LogP) is -1.64. The second-order valence-corrected chi connectivity index (χ2v) is 18.2. The van der Waals surface area contributed by atoms with Gasteiger partial charge in [-0.2, -0.15) is 0 Å². The largest absolute Gasteiger partial charge is 0.500 e. The smallest absolute Gasteiger partial charge is 0.481 e. The van der Waals surface area contributed by atoms with Gasteiger partial charge in [-0.1, -0.05) is 15.9 Å². The summed E-state index contributed by atoms with van der Waals surface area (Å²) >= 11 is 2.71. The van der Waals surface area contributed by atoms with Crippen LogP contribution in [0.2, 0.25) is 12.1 Å². The van der Waals surface area contributed by atoms with Crippen LogP contribution in [0.3, 0.4) is 0 Å². The van der Waals surface area contributed by atoms with Gasteiger partial charge >= 0.3 is 47.5 Å². The average molecular weight is 902 g/mol. The van der Waals surface area contributed by atoms with Crippen molar-refractivity contribution in [2.45, 2.75) is 24.9 Å². The zero-order chi connectivity index (χ0) is 42.7. The summed E-state index contributed by atoms with van der Waals surface area (Å²) in [7, 11) is 4.20. The van der Waals surface area contributed by atoms with E-state index < -0.39 is 60.5 Å². The van der Waals surface area contributed by atoms with Crippen LogP contribution in [0, 0.1) is 0 Å². The first-order chi connectivity index (χ1) is 26.0. The molecule has 0 radical (unpaired) electrons. The van der Waals surface area contributed by atoms with Gasteiger partial charge in [-0.25, -0.2) is 0 Å². The third kappa shape index (κ3) is 33.6. The third-order valence-corrected chi connectivity index (χ3v) is 13.6. The molecule has 0 saturated heterocycles. The Hall–Kier alpha value is -2.22. The molecule has 0 heterocycles. The van der Waals surface area contributed by atoms with E-state index in [1.54, 1.807) is 26.2 Å². The number of nitrogens with two attached hydrogens (primary N) is 1. The van der Waals surface area contributed by atoms with Gasteiger partial charge in [-0.15, -0.1) is 0 Å². The topological polar surface area (TPSA) is 302 Å². The van der Waals surface area contributed by atoms with Crippen LogP contribution in [-0.2, 0) is 50.5 Å². The Morgan fingerprint density at radius 3 is 1.15 bits per heavy atom. The minimum absolute atomic E-state index is 0.0223. The summed E-state index contributed by atoms with van der Waals surface area (Å²) in [6.45, 7) is 3.69. The van der Waals surface area contributed by atoms with Crippen LogP contribution in [0.25, 0.3) is 0 Å². The number of carbonyl (C=O) groups is 5. The molecule has 0 fully saturated rings. The van der Waals surface area contributed by atoms with E-state index in [1.807, 2.05) is 0 Å². The molecule has 0 rings (SSSR count). The molecule has 0 aromatic carbocycles. The maximum absolute atomic E-state index is 11.2. The van der Waals surface area contributed by atoms with Crippen molar-refractivity contribution in [3.8, 4) is 0 Å². The van der Waals surface area contributed by atoms with Gasteiger partial charge in [0, 0.05) is 107 Å². The molecule has 0 spiro atoms. The Morgan fingerprint density at radius 2 is 0.818 bits per heavy atom. The van der Waals surface area contributed by atoms with E-state index in [9.17, 15) is 34.2 Å². The van der Waals surface area contributed by atoms with Crippen molar-refractivity contribution in [1.29, 1.82) is 0 Å². The van der Waals surface area contributed by atoms with Crippen LogP contribution in [0.5, 0.6) is 0 Å². The number of alkyl halides is 1. The van der Waals surface area contributed by atoms with Crippen molar-refractivity contribution in [2.75, 3.05) is 140 Å². The normalized spacial score (nSPS) is 11.5. The van der Waals surface area contributed by atoms with Gasteiger partial charge in [0.05, 0.1) is 26.2 Å². The molecular formula is C30H65BrN6O16Si2. The fraction of sp³-hybridized carbons (Fsp3) is 0.833. The van der Waals surface area contributed by atoms with Crippen molar-refractivity contribution < 1.29 is 76.1 Å². The first-order valence-corrected chi connectivity index (χ1v) is 22.2. The third-order valence-electron chi connectivity index (χ3n) is 7.47. The molecule has 25 heteroatoms.